The highest BCUT2D eigenvalue weighted by atomic mass is 32.1. The number of thiazole rings is 1. The van der Waals surface area contributed by atoms with Gasteiger partial charge >= 0.3 is 5.97 Å². The molecule has 6 heteroatoms. The van der Waals surface area contributed by atoms with Crippen LogP contribution in [0.3, 0.4) is 0 Å². The number of esters is 1. The molecule has 0 radical (unpaired) electrons. The topological polar surface area (TPSA) is 74.4 Å². The van der Waals surface area contributed by atoms with Crippen LogP contribution in [-0.2, 0) is 9.53 Å². The van der Waals surface area contributed by atoms with Crippen LogP contribution in [0.15, 0.2) is 11.7 Å². The van der Waals surface area contributed by atoms with Crippen LogP contribution < -0.4 is 10.5 Å². The van der Waals surface area contributed by atoms with Gasteiger partial charge in [-0.25, -0.2) is 4.98 Å². The lowest BCUT2D eigenvalue weighted by molar-refractivity contribution is -0.170. The zero-order chi connectivity index (χ0) is 14.0. The third kappa shape index (κ3) is 3.96. The maximum absolute atomic E-state index is 12.1. The van der Waals surface area contributed by atoms with Crippen LogP contribution in [0.5, 0.6) is 5.06 Å². The van der Waals surface area contributed by atoms with Gasteiger partial charge in [-0.2, -0.15) is 0 Å². The first-order valence-electron chi connectivity index (χ1n) is 5.67. The molecular weight excluding hydrogens is 252 g/mol. The van der Waals surface area contributed by atoms with Crippen molar-refractivity contribution in [2.75, 3.05) is 0 Å². The van der Waals surface area contributed by atoms with E-state index in [1.54, 1.807) is 25.6 Å². The number of carbonyl (C=O) groups is 1. The summed E-state index contributed by atoms with van der Waals surface area (Å²) in [5.41, 5.74) is 6.08. The maximum atomic E-state index is 12.1. The predicted molar refractivity (Wildman–Crippen MR) is 70.3 cm³/mol. The van der Waals surface area contributed by atoms with Crippen molar-refractivity contribution in [2.45, 2.75) is 46.4 Å². The third-order valence-corrected chi connectivity index (χ3v) is 2.95. The summed E-state index contributed by atoms with van der Waals surface area (Å²) < 4.78 is 10.8. The first-order chi connectivity index (χ1) is 8.13. The number of carbonyl (C=O) groups excluding carboxylic acids is 1. The van der Waals surface area contributed by atoms with Gasteiger partial charge in [-0.15, -0.1) is 0 Å². The minimum atomic E-state index is -0.933. The van der Waals surface area contributed by atoms with Gasteiger partial charge in [-0.3, -0.25) is 10.5 Å². The SMILES string of the molecule is CC(C)(C)OC(=O)C(C)(C)C(N)Oc1cncs1. The minimum Gasteiger partial charge on any atom is -0.463 e. The summed E-state index contributed by atoms with van der Waals surface area (Å²) in [6, 6.07) is 0. The predicted octanol–water partition coefficient (Wildman–Crippen LogP) is 2.17. The summed E-state index contributed by atoms with van der Waals surface area (Å²) >= 11 is 1.33. The number of aromatic nitrogens is 1. The number of ether oxygens (including phenoxy) is 2. The smallest absolute Gasteiger partial charge is 0.317 e. The Balaban J connectivity index is 2.69. The molecule has 2 N–H and O–H groups in total. The van der Waals surface area contributed by atoms with Gasteiger partial charge in [0.15, 0.2) is 11.3 Å². The molecule has 0 amide bonds. The molecule has 0 saturated carbocycles. The highest BCUT2D eigenvalue weighted by Gasteiger charge is 2.40. The summed E-state index contributed by atoms with van der Waals surface area (Å²) in [7, 11) is 0. The second-order valence-electron chi connectivity index (χ2n) is 5.58. The Morgan fingerprint density at radius 2 is 2.00 bits per heavy atom. The molecule has 0 aliphatic carbocycles. The number of hydrogen-bond donors (Lipinski definition) is 1. The third-order valence-electron chi connectivity index (χ3n) is 2.29. The molecular formula is C12H20N2O3S. The largest absolute Gasteiger partial charge is 0.463 e. The molecule has 0 fully saturated rings. The van der Waals surface area contributed by atoms with Gasteiger partial charge in [-0.05, 0) is 34.6 Å². The van der Waals surface area contributed by atoms with E-state index in [1.165, 1.54) is 11.3 Å². The van der Waals surface area contributed by atoms with Crippen LogP contribution in [0.25, 0.3) is 0 Å². The lowest BCUT2D eigenvalue weighted by Gasteiger charge is -2.32. The molecule has 1 aromatic rings. The Labute approximate surface area is 111 Å². The molecule has 0 saturated heterocycles. The summed E-state index contributed by atoms with van der Waals surface area (Å²) in [6.45, 7) is 8.85. The van der Waals surface area contributed by atoms with E-state index in [-0.39, 0.29) is 5.97 Å². The van der Waals surface area contributed by atoms with Crippen LogP contribution in [0.1, 0.15) is 34.6 Å². The van der Waals surface area contributed by atoms with Crippen molar-refractivity contribution in [3.05, 3.63) is 11.7 Å². The Bertz CT molecular complexity index is 396. The molecule has 0 aliphatic rings. The average Bonchev–Trinajstić information content (AvgIpc) is 2.67. The number of nitrogens with zero attached hydrogens (tertiary/aromatic N) is 1. The van der Waals surface area contributed by atoms with E-state index in [0.29, 0.717) is 5.06 Å². The summed E-state index contributed by atoms with van der Waals surface area (Å²) in [5, 5.41) is 0.583. The van der Waals surface area contributed by atoms with Crippen molar-refractivity contribution >= 4 is 17.3 Å². The Morgan fingerprint density at radius 3 is 2.44 bits per heavy atom. The van der Waals surface area contributed by atoms with Crippen molar-refractivity contribution in [1.29, 1.82) is 0 Å². The summed E-state index contributed by atoms with van der Waals surface area (Å²) in [5.74, 6) is -0.382. The molecule has 1 heterocycles. The second-order valence-corrected chi connectivity index (χ2v) is 6.43. The molecule has 0 bridgehead atoms. The maximum Gasteiger partial charge on any atom is 0.317 e. The molecule has 5 nitrogen and oxygen atoms in total. The van der Waals surface area contributed by atoms with Crippen molar-refractivity contribution in [2.24, 2.45) is 11.1 Å². The molecule has 0 aromatic carbocycles. The summed E-state index contributed by atoms with van der Waals surface area (Å²) in [6.07, 6.45) is 0.781. The van der Waals surface area contributed by atoms with E-state index < -0.39 is 17.2 Å². The number of rotatable bonds is 4. The monoisotopic (exact) mass is 272 g/mol. The molecule has 0 spiro atoms. The molecule has 102 valence electrons. The van der Waals surface area contributed by atoms with Crippen LogP contribution in [-0.4, -0.2) is 22.8 Å². The first kappa shape index (κ1) is 14.9. The highest BCUT2D eigenvalue weighted by molar-refractivity contribution is 7.11. The molecule has 18 heavy (non-hydrogen) atoms. The first-order valence-corrected chi connectivity index (χ1v) is 6.55. The molecule has 1 rings (SSSR count). The zero-order valence-corrected chi connectivity index (χ0v) is 12.2. The standard InChI is InChI=1S/C12H20N2O3S/c1-11(2,3)17-10(15)12(4,5)9(13)16-8-6-14-7-18-8/h6-7,9H,13H2,1-5H3. The van der Waals surface area contributed by atoms with Crippen LogP contribution in [0.4, 0.5) is 0 Å². The molecule has 1 unspecified atom stereocenters. The van der Waals surface area contributed by atoms with Crippen LogP contribution in [0, 0.1) is 5.41 Å². The van der Waals surface area contributed by atoms with Gasteiger partial charge in [-0.1, -0.05) is 11.3 Å². The van der Waals surface area contributed by atoms with Crippen molar-refractivity contribution in [1.82, 2.24) is 4.98 Å². The normalized spacial score (nSPS) is 14.1. The van der Waals surface area contributed by atoms with E-state index in [2.05, 4.69) is 4.98 Å². The quantitative estimate of drug-likeness (QED) is 0.671. The van der Waals surface area contributed by atoms with Gasteiger partial charge in [0, 0.05) is 0 Å². The van der Waals surface area contributed by atoms with Gasteiger partial charge in [0.2, 0.25) is 0 Å². The fourth-order valence-electron chi connectivity index (χ4n) is 1.06. The van der Waals surface area contributed by atoms with Gasteiger partial charge < -0.3 is 9.47 Å². The number of nitrogens with two attached hydrogens (primary N) is 1. The minimum absolute atomic E-state index is 0.382. The molecule has 1 atom stereocenters. The van der Waals surface area contributed by atoms with Crippen molar-refractivity contribution in [3.8, 4) is 5.06 Å². The fraction of sp³-hybridized carbons (Fsp3) is 0.667. The Hall–Kier alpha value is -1.14. The van der Waals surface area contributed by atoms with E-state index >= 15 is 0 Å². The highest BCUT2D eigenvalue weighted by Crippen LogP contribution is 2.27. The van der Waals surface area contributed by atoms with E-state index in [4.69, 9.17) is 15.2 Å². The van der Waals surface area contributed by atoms with Gasteiger partial charge in [0.1, 0.15) is 11.0 Å². The van der Waals surface area contributed by atoms with Crippen LogP contribution >= 0.6 is 11.3 Å². The Kier molecular flexibility index (Phi) is 4.34. The number of hydrogen-bond acceptors (Lipinski definition) is 6. The lowest BCUT2D eigenvalue weighted by atomic mass is 9.91. The van der Waals surface area contributed by atoms with E-state index in [1.807, 2.05) is 20.8 Å². The van der Waals surface area contributed by atoms with E-state index in [9.17, 15) is 4.79 Å². The van der Waals surface area contributed by atoms with Crippen molar-refractivity contribution in [3.63, 3.8) is 0 Å². The zero-order valence-electron chi connectivity index (χ0n) is 11.4. The second kappa shape index (κ2) is 5.24. The van der Waals surface area contributed by atoms with E-state index in [0.717, 1.165) is 0 Å². The van der Waals surface area contributed by atoms with Crippen LogP contribution in [0.2, 0.25) is 0 Å². The average molecular weight is 272 g/mol. The molecule has 0 aliphatic heterocycles. The van der Waals surface area contributed by atoms with Gasteiger partial charge in [0.25, 0.3) is 0 Å². The van der Waals surface area contributed by atoms with Gasteiger partial charge in [0.05, 0.1) is 11.7 Å². The summed E-state index contributed by atoms with van der Waals surface area (Å²) in [4.78, 5) is 15.9. The molecule has 1 aromatic heterocycles. The lowest BCUT2D eigenvalue weighted by Crippen LogP contribution is -2.49. The fourth-order valence-corrected chi connectivity index (χ4v) is 1.57. The Morgan fingerprint density at radius 1 is 1.39 bits per heavy atom. The van der Waals surface area contributed by atoms with Crippen molar-refractivity contribution < 1.29 is 14.3 Å².